The molecule has 0 N–H and O–H groups in total. The summed E-state index contributed by atoms with van der Waals surface area (Å²) >= 11 is 4.23. The third-order valence-electron chi connectivity index (χ3n) is 3.11. The Morgan fingerprint density at radius 1 is 1.38 bits per heavy atom. The molecule has 16 heavy (non-hydrogen) atoms. The standard InChI is InChI=1S/C13H16O2S/c14-13(11-6-1-2-7-12(11)16)15-9-8-10-4-3-5-10/h1-2,6-7,10,16H,3-5,8-9H2. The second-order valence-electron chi connectivity index (χ2n) is 4.24. The Morgan fingerprint density at radius 2 is 2.12 bits per heavy atom. The molecule has 1 saturated carbocycles. The lowest BCUT2D eigenvalue weighted by Gasteiger charge is -2.24. The molecule has 3 heteroatoms. The van der Waals surface area contributed by atoms with Gasteiger partial charge in [0, 0.05) is 4.90 Å². The van der Waals surface area contributed by atoms with Crippen LogP contribution in [0.25, 0.3) is 0 Å². The molecular weight excluding hydrogens is 220 g/mol. The number of ether oxygens (including phenoxy) is 1. The quantitative estimate of drug-likeness (QED) is 0.641. The Bertz CT molecular complexity index is 372. The number of thiol groups is 1. The first-order valence-corrected chi connectivity index (χ1v) is 6.17. The molecular formula is C13H16O2S. The van der Waals surface area contributed by atoms with Gasteiger partial charge in [-0.2, -0.15) is 0 Å². The Hall–Kier alpha value is -0.960. The molecule has 0 aliphatic heterocycles. The Balaban J connectivity index is 1.81. The molecule has 1 fully saturated rings. The van der Waals surface area contributed by atoms with Crippen molar-refractivity contribution in [3.8, 4) is 0 Å². The van der Waals surface area contributed by atoms with Gasteiger partial charge in [-0.15, -0.1) is 12.6 Å². The highest BCUT2D eigenvalue weighted by Crippen LogP contribution is 2.29. The van der Waals surface area contributed by atoms with Gasteiger partial charge in [0.15, 0.2) is 0 Å². The van der Waals surface area contributed by atoms with Crippen molar-refractivity contribution >= 4 is 18.6 Å². The summed E-state index contributed by atoms with van der Waals surface area (Å²) in [5, 5.41) is 0. The summed E-state index contributed by atoms with van der Waals surface area (Å²) in [5.74, 6) is 0.518. The molecule has 0 saturated heterocycles. The Labute approximate surface area is 101 Å². The second-order valence-corrected chi connectivity index (χ2v) is 4.72. The van der Waals surface area contributed by atoms with E-state index in [1.807, 2.05) is 12.1 Å². The van der Waals surface area contributed by atoms with Gasteiger partial charge in [-0.05, 0) is 24.5 Å². The molecule has 0 radical (unpaired) electrons. The van der Waals surface area contributed by atoms with Crippen LogP contribution in [0.1, 0.15) is 36.0 Å². The number of hydrogen-bond donors (Lipinski definition) is 1. The van der Waals surface area contributed by atoms with Gasteiger partial charge in [0.1, 0.15) is 0 Å². The SMILES string of the molecule is O=C(OCCC1CCC1)c1ccccc1S. The molecule has 0 heterocycles. The summed E-state index contributed by atoms with van der Waals surface area (Å²) < 4.78 is 5.23. The minimum atomic E-state index is -0.259. The summed E-state index contributed by atoms with van der Waals surface area (Å²) in [7, 11) is 0. The summed E-state index contributed by atoms with van der Waals surface area (Å²) in [4.78, 5) is 12.4. The van der Waals surface area contributed by atoms with Crippen molar-refractivity contribution in [1.29, 1.82) is 0 Å². The van der Waals surface area contributed by atoms with Crippen LogP contribution >= 0.6 is 12.6 Å². The van der Waals surface area contributed by atoms with Crippen LogP contribution in [0, 0.1) is 5.92 Å². The predicted octanol–water partition coefficient (Wildman–Crippen LogP) is 3.32. The van der Waals surface area contributed by atoms with Crippen LogP contribution in [-0.2, 0) is 4.74 Å². The number of carbonyl (C=O) groups excluding carboxylic acids is 1. The Kier molecular flexibility index (Phi) is 3.88. The summed E-state index contributed by atoms with van der Waals surface area (Å²) in [6.07, 6.45) is 4.92. The van der Waals surface area contributed by atoms with E-state index in [1.54, 1.807) is 12.1 Å². The van der Waals surface area contributed by atoms with Crippen molar-refractivity contribution < 1.29 is 9.53 Å². The number of hydrogen-bond acceptors (Lipinski definition) is 3. The van der Waals surface area contributed by atoms with Crippen molar-refractivity contribution in [1.82, 2.24) is 0 Å². The van der Waals surface area contributed by atoms with E-state index < -0.39 is 0 Å². The fourth-order valence-electron chi connectivity index (χ4n) is 1.82. The smallest absolute Gasteiger partial charge is 0.339 e. The molecule has 2 nitrogen and oxygen atoms in total. The summed E-state index contributed by atoms with van der Waals surface area (Å²) in [6.45, 7) is 0.533. The van der Waals surface area contributed by atoms with Gasteiger partial charge in [-0.1, -0.05) is 31.4 Å². The molecule has 0 unspecified atom stereocenters. The van der Waals surface area contributed by atoms with Gasteiger partial charge in [0.2, 0.25) is 0 Å². The van der Waals surface area contributed by atoms with Crippen molar-refractivity contribution in [3.05, 3.63) is 29.8 Å². The van der Waals surface area contributed by atoms with E-state index in [-0.39, 0.29) is 5.97 Å². The van der Waals surface area contributed by atoms with Crippen LogP contribution in [0.5, 0.6) is 0 Å². The maximum atomic E-state index is 11.7. The van der Waals surface area contributed by atoms with E-state index in [1.165, 1.54) is 19.3 Å². The Morgan fingerprint density at radius 3 is 2.75 bits per heavy atom. The van der Waals surface area contributed by atoms with Crippen LogP contribution in [0.15, 0.2) is 29.2 Å². The summed E-state index contributed by atoms with van der Waals surface area (Å²) in [5.41, 5.74) is 0.555. The van der Waals surface area contributed by atoms with Gasteiger partial charge in [0.25, 0.3) is 0 Å². The first-order valence-electron chi connectivity index (χ1n) is 5.72. The average Bonchev–Trinajstić information content (AvgIpc) is 2.22. The number of rotatable bonds is 4. The largest absolute Gasteiger partial charge is 0.462 e. The molecule has 86 valence electrons. The molecule has 1 aromatic rings. The minimum Gasteiger partial charge on any atom is -0.462 e. The van der Waals surface area contributed by atoms with E-state index in [4.69, 9.17) is 4.74 Å². The zero-order valence-electron chi connectivity index (χ0n) is 9.19. The summed E-state index contributed by atoms with van der Waals surface area (Å²) in [6, 6.07) is 7.22. The van der Waals surface area contributed by atoms with Crippen LogP contribution in [0.2, 0.25) is 0 Å². The predicted molar refractivity (Wildman–Crippen MR) is 65.9 cm³/mol. The molecule has 0 atom stereocenters. The monoisotopic (exact) mass is 236 g/mol. The highest BCUT2D eigenvalue weighted by molar-refractivity contribution is 7.80. The van der Waals surface area contributed by atoms with Crippen LogP contribution in [-0.4, -0.2) is 12.6 Å². The highest BCUT2D eigenvalue weighted by atomic mass is 32.1. The fourth-order valence-corrected chi connectivity index (χ4v) is 2.08. The number of esters is 1. The van der Waals surface area contributed by atoms with E-state index in [0.717, 1.165) is 12.3 Å². The van der Waals surface area contributed by atoms with Crippen LogP contribution < -0.4 is 0 Å². The molecule has 0 spiro atoms. The second kappa shape index (κ2) is 5.39. The first-order chi connectivity index (χ1) is 7.77. The molecule has 0 amide bonds. The zero-order valence-corrected chi connectivity index (χ0v) is 10.1. The fraction of sp³-hybridized carbons (Fsp3) is 0.462. The minimum absolute atomic E-state index is 0.259. The van der Waals surface area contributed by atoms with Crippen LogP contribution in [0.3, 0.4) is 0 Å². The molecule has 2 rings (SSSR count). The van der Waals surface area contributed by atoms with Gasteiger partial charge in [-0.3, -0.25) is 0 Å². The molecule has 1 aliphatic carbocycles. The molecule has 0 bridgehead atoms. The maximum Gasteiger partial charge on any atom is 0.339 e. The maximum absolute atomic E-state index is 11.7. The third-order valence-corrected chi connectivity index (χ3v) is 3.50. The number of carbonyl (C=O) groups is 1. The van der Waals surface area contributed by atoms with Crippen molar-refractivity contribution in [2.75, 3.05) is 6.61 Å². The van der Waals surface area contributed by atoms with E-state index in [0.29, 0.717) is 17.1 Å². The van der Waals surface area contributed by atoms with E-state index in [2.05, 4.69) is 12.6 Å². The van der Waals surface area contributed by atoms with E-state index in [9.17, 15) is 4.79 Å². The normalized spacial score (nSPS) is 15.6. The highest BCUT2D eigenvalue weighted by Gasteiger charge is 2.18. The van der Waals surface area contributed by atoms with Gasteiger partial charge in [-0.25, -0.2) is 4.79 Å². The third kappa shape index (κ3) is 2.79. The lowest BCUT2D eigenvalue weighted by molar-refractivity contribution is 0.0460. The molecule has 1 aliphatic rings. The van der Waals surface area contributed by atoms with Gasteiger partial charge in [0.05, 0.1) is 12.2 Å². The zero-order chi connectivity index (χ0) is 11.4. The first kappa shape index (κ1) is 11.5. The topological polar surface area (TPSA) is 26.3 Å². The van der Waals surface area contributed by atoms with Crippen molar-refractivity contribution in [3.63, 3.8) is 0 Å². The average molecular weight is 236 g/mol. The van der Waals surface area contributed by atoms with Crippen molar-refractivity contribution in [2.45, 2.75) is 30.6 Å². The molecule has 0 aromatic heterocycles. The van der Waals surface area contributed by atoms with Gasteiger partial charge >= 0.3 is 5.97 Å². The van der Waals surface area contributed by atoms with Crippen LogP contribution in [0.4, 0.5) is 0 Å². The lowest BCUT2D eigenvalue weighted by atomic mass is 9.83. The van der Waals surface area contributed by atoms with Crippen molar-refractivity contribution in [2.24, 2.45) is 5.92 Å². The van der Waals surface area contributed by atoms with Gasteiger partial charge < -0.3 is 4.74 Å². The number of benzene rings is 1. The lowest BCUT2D eigenvalue weighted by Crippen LogP contribution is -2.15. The molecule has 1 aromatic carbocycles. The van der Waals surface area contributed by atoms with E-state index >= 15 is 0 Å².